The Labute approximate surface area is 195 Å². The number of fused-ring (bicyclic) bond motifs is 1. The Hall–Kier alpha value is -4.17. The molecule has 0 aliphatic rings. The van der Waals surface area contributed by atoms with Crippen molar-refractivity contribution in [1.82, 2.24) is 5.32 Å². The van der Waals surface area contributed by atoms with E-state index in [0.29, 0.717) is 33.7 Å². The summed E-state index contributed by atoms with van der Waals surface area (Å²) in [5, 5.41) is 6.37. The molecule has 1 heterocycles. The van der Waals surface area contributed by atoms with Crippen LogP contribution in [0.5, 0.6) is 11.5 Å². The Kier molecular flexibility index (Phi) is 6.66. The molecule has 7 nitrogen and oxygen atoms in total. The Morgan fingerprint density at radius 1 is 0.939 bits per heavy atom. The smallest absolute Gasteiger partial charge is 0.374 e. The number of ether oxygens (including phenoxy) is 2. The summed E-state index contributed by atoms with van der Waals surface area (Å²) in [7, 11) is 0. The lowest BCUT2D eigenvalue weighted by Gasteiger charge is -2.11. The molecule has 0 atom stereocenters. The van der Waals surface area contributed by atoms with Crippen molar-refractivity contribution in [3.8, 4) is 11.5 Å². The second-order valence-electron chi connectivity index (χ2n) is 6.93. The van der Waals surface area contributed by atoms with Crippen molar-refractivity contribution in [3.05, 3.63) is 90.2 Å². The minimum Gasteiger partial charge on any atom is -0.460 e. The minimum absolute atomic E-state index is 0.0826. The fourth-order valence-corrected chi connectivity index (χ4v) is 3.30. The van der Waals surface area contributed by atoms with E-state index in [0.717, 1.165) is 0 Å². The molecule has 0 unspecified atom stereocenters. The molecule has 0 fully saturated rings. The molecular formula is C25H20N2O5S. The van der Waals surface area contributed by atoms with Crippen LogP contribution >= 0.6 is 12.2 Å². The number of benzene rings is 3. The standard InChI is InChI=1S/C25H20N2O5S/c1-2-30-24(29)22-14-17-13-16(11-12-21(17)32-22)23(28)27-25(33)26-18-7-6-10-20(15-18)31-19-8-4-3-5-9-19/h3-15H,2H2,1H3,(H2,26,27,28,33). The van der Waals surface area contributed by atoms with Crippen LogP contribution in [-0.2, 0) is 4.74 Å². The molecule has 0 aliphatic heterocycles. The summed E-state index contributed by atoms with van der Waals surface area (Å²) in [6, 6.07) is 23.0. The Morgan fingerprint density at radius 3 is 2.52 bits per heavy atom. The van der Waals surface area contributed by atoms with Gasteiger partial charge in [-0.25, -0.2) is 4.79 Å². The number of hydrogen-bond donors (Lipinski definition) is 2. The predicted molar refractivity (Wildman–Crippen MR) is 129 cm³/mol. The monoisotopic (exact) mass is 460 g/mol. The Morgan fingerprint density at radius 2 is 1.73 bits per heavy atom. The first-order chi connectivity index (χ1) is 16.0. The number of hydrogen-bond acceptors (Lipinski definition) is 6. The molecule has 4 aromatic rings. The van der Waals surface area contributed by atoms with Gasteiger partial charge in [0, 0.05) is 22.7 Å². The second-order valence-corrected chi connectivity index (χ2v) is 7.34. The largest absolute Gasteiger partial charge is 0.460 e. The highest BCUT2D eigenvalue weighted by molar-refractivity contribution is 7.80. The number of furan rings is 1. The van der Waals surface area contributed by atoms with E-state index in [4.69, 9.17) is 26.1 Å². The summed E-state index contributed by atoms with van der Waals surface area (Å²) < 4.78 is 16.2. The number of nitrogens with one attached hydrogen (secondary N) is 2. The van der Waals surface area contributed by atoms with Gasteiger partial charge in [-0.15, -0.1) is 0 Å². The van der Waals surface area contributed by atoms with Gasteiger partial charge in [0.05, 0.1) is 6.61 Å². The average molecular weight is 461 g/mol. The van der Waals surface area contributed by atoms with Crippen LogP contribution in [0.4, 0.5) is 5.69 Å². The summed E-state index contributed by atoms with van der Waals surface area (Å²) in [5.41, 5.74) is 1.51. The molecule has 0 radical (unpaired) electrons. The lowest BCUT2D eigenvalue weighted by atomic mass is 10.1. The van der Waals surface area contributed by atoms with E-state index < -0.39 is 11.9 Å². The highest BCUT2D eigenvalue weighted by Crippen LogP contribution is 2.24. The number of esters is 1. The normalized spacial score (nSPS) is 10.5. The van der Waals surface area contributed by atoms with Crippen LogP contribution < -0.4 is 15.4 Å². The summed E-state index contributed by atoms with van der Waals surface area (Å²) in [6.07, 6.45) is 0. The molecule has 8 heteroatoms. The third-order valence-electron chi connectivity index (χ3n) is 4.55. The van der Waals surface area contributed by atoms with E-state index in [1.165, 1.54) is 0 Å². The fraction of sp³-hybridized carbons (Fsp3) is 0.0800. The van der Waals surface area contributed by atoms with Gasteiger partial charge in [0.25, 0.3) is 5.91 Å². The molecule has 0 aliphatic carbocycles. The molecule has 0 bridgehead atoms. The van der Waals surface area contributed by atoms with Crippen LogP contribution in [0.3, 0.4) is 0 Å². The summed E-state index contributed by atoms with van der Waals surface area (Å²) in [5.74, 6) is 0.474. The number of carbonyl (C=O) groups excluding carboxylic acids is 2. The number of rotatable bonds is 6. The maximum Gasteiger partial charge on any atom is 0.374 e. The van der Waals surface area contributed by atoms with Gasteiger partial charge in [-0.3, -0.25) is 10.1 Å². The van der Waals surface area contributed by atoms with Crippen molar-refractivity contribution in [3.63, 3.8) is 0 Å². The van der Waals surface area contributed by atoms with E-state index in [2.05, 4.69) is 10.6 Å². The Balaban J connectivity index is 1.40. The number of amides is 1. The van der Waals surface area contributed by atoms with Crippen molar-refractivity contribution < 1.29 is 23.5 Å². The average Bonchev–Trinajstić information content (AvgIpc) is 3.24. The zero-order valence-corrected chi connectivity index (χ0v) is 18.5. The topological polar surface area (TPSA) is 89.8 Å². The molecule has 3 aromatic carbocycles. The molecule has 2 N–H and O–H groups in total. The van der Waals surface area contributed by atoms with Gasteiger partial charge < -0.3 is 19.2 Å². The van der Waals surface area contributed by atoms with E-state index in [1.54, 1.807) is 37.3 Å². The van der Waals surface area contributed by atoms with Gasteiger partial charge in [0.15, 0.2) is 5.11 Å². The highest BCUT2D eigenvalue weighted by atomic mass is 32.1. The first-order valence-corrected chi connectivity index (χ1v) is 10.6. The number of thiocarbonyl (C=S) groups is 1. The van der Waals surface area contributed by atoms with E-state index >= 15 is 0 Å². The van der Waals surface area contributed by atoms with Gasteiger partial charge in [-0.1, -0.05) is 24.3 Å². The second kappa shape index (κ2) is 9.97. The van der Waals surface area contributed by atoms with Gasteiger partial charge in [-0.05, 0) is 67.7 Å². The number of anilines is 1. The highest BCUT2D eigenvalue weighted by Gasteiger charge is 2.15. The lowest BCUT2D eigenvalue weighted by Crippen LogP contribution is -2.34. The van der Waals surface area contributed by atoms with Gasteiger partial charge in [0.1, 0.15) is 17.1 Å². The SMILES string of the molecule is CCOC(=O)c1cc2cc(C(=O)NC(=S)Nc3cccc(Oc4ccccc4)c3)ccc2o1. The van der Waals surface area contributed by atoms with Crippen LogP contribution in [0.1, 0.15) is 27.8 Å². The third-order valence-corrected chi connectivity index (χ3v) is 4.76. The van der Waals surface area contributed by atoms with E-state index in [-0.39, 0.29) is 17.5 Å². The van der Waals surface area contributed by atoms with Crippen molar-refractivity contribution in [2.75, 3.05) is 11.9 Å². The lowest BCUT2D eigenvalue weighted by molar-refractivity contribution is 0.0492. The Bertz CT molecular complexity index is 1320. The summed E-state index contributed by atoms with van der Waals surface area (Å²) in [4.78, 5) is 24.5. The zero-order chi connectivity index (χ0) is 23.2. The third kappa shape index (κ3) is 5.55. The van der Waals surface area contributed by atoms with Crippen molar-refractivity contribution in [2.45, 2.75) is 6.92 Å². The van der Waals surface area contributed by atoms with Crippen LogP contribution in [0.2, 0.25) is 0 Å². The molecule has 4 rings (SSSR count). The van der Waals surface area contributed by atoms with Gasteiger partial charge in [0.2, 0.25) is 5.76 Å². The molecule has 166 valence electrons. The first-order valence-electron chi connectivity index (χ1n) is 10.2. The summed E-state index contributed by atoms with van der Waals surface area (Å²) in [6.45, 7) is 1.96. The summed E-state index contributed by atoms with van der Waals surface area (Å²) >= 11 is 5.28. The molecular weight excluding hydrogens is 440 g/mol. The van der Waals surface area contributed by atoms with Crippen molar-refractivity contribution in [2.24, 2.45) is 0 Å². The van der Waals surface area contributed by atoms with Crippen molar-refractivity contribution in [1.29, 1.82) is 0 Å². The molecule has 0 spiro atoms. The van der Waals surface area contributed by atoms with Gasteiger partial charge in [-0.2, -0.15) is 0 Å². The molecule has 0 saturated carbocycles. The molecule has 1 aromatic heterocycles. The zero-order valence-electron chi connectivity index (χ0n) is 17.7. The van der Waals surface area contributed by atoms with Crippen LogP contribution in [0.25, 0.3) is 11.0 Å². The molecule has 0 saturated heterocycles. The quantitative estimate of drug-likeness (QED) is 0.289. The van der Waals surface area contributed by atoms with Crippen LogP contribution in [0.15, 0.2) is 83.3 Å². The van der Waals surface area contributed by atoms with Crippen LogP contribution in [0, 0.1) is 0 Å². The molecule has 1 amide bonds. The number of para-hydroxylation sites is 1. The van der Waals surface area contributed by atoms with E-state index in [9.17, 15) is 9.59 Å². The fourth-order valence-electron chi connectivity index (χ4n) is 3.09. The van der Waals surface area contributed by atoms with Gasteiger partial charge >= 0.3 is 5.97 Å². The minimum atomic E-state index is -0.552. The van der Waals surface area contributed by atoms with Crippen LogP contribution in [-0.4, -0.2) is 23.6 Å². The van der Waals surface area contributed by atoms with Crippen molar-refractivity contribution >= 4 is 45.9 Å². The van der Waals surface area contributed by atoms with E-state index in [1.807, 2.05) is 48.5 Å². The number of carbonyl (C=O) groups is 2. The first kappa shape index (κ1) is 22.0. The molecule has 33 heavy (non-hydrogen) atoms. The predicted octanol–water partition coefficient (Wildman–Crippen LogP) is 5.53. The maximum absolute atomic E-state index is 12.7. The maximum atomic E-state index is 12.7.